The number of rotatable bonds is 9. The highest BCUT2D eigenvalue weighted by Crippen LogP contribution is 2.27. The minimum absolute atomic E-state index is 0.0446. The molecule has 0 atom stereocenters. The number of carbonyl (C=O) groups excluding carboxylic acids is 2. The number of nitrogens with zero attached hydrogens (tertiary/aromatic N) is 2. The Hall–Kier alpha value is -2.59. The molecule has 1 aliphatic carbocycles. The zero-order valence-corrected chi connectivity index (χ0v) is 18.0. The number of hydrogen-bond donors (Lipinski definition) is 2. The standard InChI is InChI=1S/C20H29F3N4O4/c1-4-19(5-2,18(29)30-3)27-16(28)14-11-24-15(25-13-9-7-6-8-10-13)17(26-14)31-12-20(21,22)23/h11,13H,4-10,12H2,1-3H3,(H,24,25)(H,27,28). The number of amides is 1. The molecule has 0 bridgehead atoms. The molecule has 31 heavy (non-hydrogen) atoms. The number of methoxy groups -OCH3 is 1. The summed E-state index contributed by atoms with van der Waals surface area (Å²) in [7, 11) is 1.21. The van der Waals surface area contributed by atoms with E-state index in [9.17, 15) is 22.8 Å². The van der Waals surface area contributed by atoms with Gasteiger partial charge in [0.2, 0.25) is 0 Å². The monoisotopic (exact) mass is 446 g/mol. The third-order valence-electron chi connectivity index (χ3n) is 5.43. The van der Waals surface area contributed by atoms with Gasteiger partial charge in [-0.2, -0.15) is 13.2 Å². The molecule has 0 radical (unpaired) electrons. The number of ether oxygens (including phenoxy) is 2. The van der Waals surface area contributed by atoms with Crippen molar-refractivity contribution in [1.82, 2.24) is 15.3 Å². The summed E-state index contributed by atoms with van der Waals surface area (Å²) < 4.78 is 47.8. The van der Waals surface area contributed by atoms with Gasteiger partial charge in [0.25, 0.3) is 11.8 Å². The van der Waals surface area contributed by atoms with Crippen LogP contribution in [-0.4, -0.2) is 53.3 Å². The number of alkyl halides is 3. The molecule has 1 saturated carbocycles. The van der Waals surface area contributed by atoms with Crippen LogP contribution in [0.25, 0.3) is 0 Å². The van der Waals surface area contributed by atoms with Gasteiger partial charge in [0.05, 0.1) is 13.3 Å². The van der Waals surface area contributed by atoms with Gasteiger partial charge in [-0.1, -0.05) is 33.1 Å². The third kappa shape index (κ3) is 6.70. The average Bonchev–Trinajstić information content (AvgIpc) is 2.76. The maximum atomic E-state index is 12.7. The fourth-order valence-corrected chi connectivity index (χ4v) is 3.51. The van der Waals surface area contributed by atoms with Crippen molar-refractivity contribution in [2.45, 2.75) is 76.6 Å². The van der Waals surface area contributed by atoms with Crippen LogP contribution < -0.4 is 15.4 Å². The van der Waals surface area contributed by atoms with E-state index in [4.69, 9.17) is 9.47 Å². The molecule has 11 heteroatoms. The van der Waals surface area contributed by atoms with Crippen LogP contribution in [0.5, 0.6) is 5.88 Å². The van der Waals surface area contributed by atoms with Crippen LogP contribution in [0.4, 0.5) is 19.0 Å². The van der Waals surface area contributed by atoms with E-state index < -0.39 is 36.1 Å². The second-order valence-corrected chi connectivity index (χ2v) is 7.53. The number of esters is 1. The number of nitrogens with one attached hydrogen (secondary N) is 2. The molecular formula is C20H29F3N4O4. The predicted octanol–water partition coefficient (Wildman–Crippen LogP) is 3.62. The van der Waals surface area contributed by atoms with E-state index in [0.29, 0.717) is 0 Å². The maximum absolute atomic E-state index is 12.7. The fraction of sp³-hybridized carbons (Fsp3) is 0.700. The summed E-state index contributed by atoms with van der Waals surface area (Å²) >= 11 is 0. The van der Waals surface area contributed by atoms with E-state index >= 15 is 0 Å². The summed E-state index contributed by atoms with van der Waals surface area (Å²) in [4.78, 5) is 33.0. The van der Waals surface area contributed by atoms with Crippen molar-refractivity contribution in [2.75, 3.05) is 19.0 Å². The first kappa shape index (κ1) is 24.7. The lowest BCUT2D eigenvalue weighted by molar-refractivity contribution is -0.154. The van der Waals surface area contributed by atoms with Gasteiger partial charge in [-0.15, -0.1) is 0 Å². The Balaban J connectivity index is 2.28. The lowest BCUT2D eigenvalue weighted by Gasteiger charge is -2.29. The van der Waals surface area contributed by atoms with Gasteiger partial charge in [0, 0.05) is 6.04 Å². The Labute approximate surface area is 179 Å². The van der Waals surface area contributed by atoms with Crippen molar-refractivity contribution in [1.29, 1.82) is 0 Å². The molecule has 2 N–H and O–H groups in total. The van der Waals surface area contributed by atoms with Crippen molar-refractivity contribution in [3.8, 4) is 5.88 Å². The van der Waals surface area contributed by atoms with E-state index in [1.807, 2.05) is 0 Å². The summed E-state index contributed by atoms with van der Waals surface area (Å²) in [6, 6.07) is 0.0446. The minimum Gasteiger partial charge on any atom is -0.467 e. The van der Waals surface area contributed by atoms with E-state index in [1.165, 1.54) is 7.11 Å². The Kier molecular flexibility index (Phi) is 8.46. The molecule has 174 valence electrons. The highest BCUT2D eigenvalue weighted by molar-refractivity contribution is 5.96. The first-order valence-electron chi connectivity index (χ1n) is 10.4. The van der Waals surface area contributed by atoms with E-state index in [1.54, 1.807) is 13.8 Å². The smallest absolute Gasteiger partial charge is 0.422 e. The van der Waals surface area contributed by atoms with E-state index in [0.717, 1.165) is 38.3 Å². The zero-order valence-electron chi connectivity index (χ0n) is 18.0. The van der Waals surface area contributed by atoms with Crippen molar-refractivity contribution >= 4 is 17.7 Å². The Morgan fingerprint density at radius 2 is 1.81 bits per heavy atom. The van der Waals surface area contributed by atoms with Crippen molar-refractivity contribution in [3.63, 3.8) is 0 Å². The topological polar surface area (TPSA) is 102 Å². The number of carbonyl (C=O) groups is 2. The second-order valence-electron chi connectivity index (χ2n) is 7.53. The molecule has 1 aliphatic rings. The maximum Gasteiger partial charge on any atom is 0.422 e. The SMILES string of the molecule is CCC(CC)(NC(=O)c1cnc(NC2CCCCC2)c(OCC(F)(F)F)n1)C(=O)OC. The second kappa shape index (κ2) is 10.6. The summed E-state index contributed by atoms with van der Waals surface area (Å²) in [5.74, 6) is -1.74. The van der Waals surface area contributed by atoms with Crippen molar-refractivity contribution in [3.05, 3.63) is 11.9 Å². The summed E-state index contributed by atoms with van der Waals surface area (Å²) in [5, 5.41) is 5.66. The number of hydrogen-bond acceptors (Lipinski definition) is 7. The van der Waals surface area contributed by atoms with Crippen molar-refractivity contribution in [2.24, 2.45) is 0 Å². The molecule has 8 nitrogen and oxygen atoms in total. The highest BCUT2D eigenvalue weighted by atomic mass is 19.4. The highest BCUT2D eigenvalue weighted by Gasteiger charge is 2.38. The molecule has 1 aromatic rings. The van der Waals surface area contributed by atoms with Gasteiger partial charge in [0.15, 0.2) is 18.1 Å². The van der Waals surface area contributed by atoms with Gasteiger partial charge >= 0.3 is 12.1 Å². The van der Waals surface area contributed by atoms with Crippen LogP contribution in [0.15, 0.2) is 6.20 Å². The molecule has 0 spiro atoms. The Bertz CT molecular complexity index is 763. The molecular weight excluding hydrogens is 417 g/mol. The largest absolute Gasteiger partial charge is 0.467 e. The van der Waals surface area contributed by atoms with Gasteiger partial charge < -0.3 is 20.1 Å². The quantitative estimate of drug-likeness (QED) is 0.559. The molecule has 1 aromatic heterocycles. The number of anilines is 1. The van der Waals surface area contributed by atoms with Crippen LogP contribution in [-0.2, 0) is 9.53 Å². The summed E-state index contributed by atoms with van der Waals surface area (Å²) in [5.41, 5.74) is -1.54. The van der Waals surface area contributed by atoms with Crippen LogP contribution in [0, 0.1) is 0 Å². The van der Waals surface area contributed by atoms with Crippen LogP contribution in [0.2, 0.25) is 0 Å². The average molecular weight is 446 g/mol. The normalized spacial score (nSPS) is 15.3. The number of aromatic nitrogens is 2. The lowest BCUT2D eigenvalue weighted by atomic mass is 9.92. The molecule has 1 amide bonds. The molecule has 0 aliphatic heterocycles. The van der Waals surface area contributed by atoms with Gasteiger partial charge in [-0.25, -0.2) is 14.8 Å². The van der Waals surface area contributed by atoms with Gasteiger partial charge in [-0.3, -0.25) is 4.79 Å². The zero-order chi connectivity index (χ0) is 23.1. The lowest BCUT2D eigenvalue weighted by Crippen LogP contribution is -2.54. The van der Waals surface area contributed by atoms with Crippen LogP contribution >= 0.6 is 0 Å². The summed E-state index contributed by atoms with van der Waals surface area (Å²) in [6.45, 7) is 1.85. The molecule has 1 heterocycles. The molecule has 0 unspecified atom stereocenters. The van der Waals surface area contributed by atoms with Gasteiger partial charge in [0.1, 0.15) is 5.54 Å². The minimum atomic E-state index is -4.58. The summed E-state index contributed by atoms with van der Waals surface area (Å²) in [6.07, 6.45) is 1.93. The molecule has 0 saturated heterocycles. The molecule has 1 fully saturated rings. The molecule has 0 aromatic carbocycles. The third-order valence-corrected chi connectivity index (χ3v) is 5.43. The number of halogens is 3. The first-order valence-corrected chi connectivity index (χ1v) is 10.4. The first-order chi connectivity index (χ1) is 14.6. The van der Waals surface area contributed by atoms with Crippen LogP contribution in [0.3, 0.4) is 0 Å². The van der Waals surface area contributed by atoms with Crippen molar-refractivity contribution < 1.29 is 32.2 Å². The van der Waals surface area contributed by atoms with Gasteiger partial charge in [-0.05, 0) is 25.7 Å². The van der Waals surface area contributed by atoms with E-state index in [2.05, 4.69) is 20.6 Å². The fourth-order valence-electron chi connectivity index (χ4n) is 3.51. The Morgan fingerprint density at radius 1 is 1.16 bits per heavy atom. The predicted molar refractivity (Wildman–Crippen MR) is 107 cm³/mol. The molecule has 2 rings (SSSR count). The van der Waals surface area contributed by atoms with Crippen LogP contribution in [0.1, 0.15) is 69.3 Å². The van der Waals surface area contributed by atoms with E-state index in [-0.39, 0.29) is 30.4 Å². The Morgan fingerprint density at radius 3 is 2.35 bits per heavy atom.